The summed E-state index contributed by atoms with van der Waals surface area (Å²) in [6.07, 6.45) is 2.03. The summed E-state index contributed by atoms with van der Waals surface area (Å²) in [6, 6.07) is 13.6. The molecule has 2 aromatic carbocycles. The summed E-state index contributed by atoms with van der Waals surface area (Å²) in [4.78, 5) is 13.6. The Morgan fingerprint density at radius 2 is 1.86 bits per heavy atom. The number of aromatic carboxylic acids is 1. The van der Waals surface area contributed by atoms with Gasteiger partial charge < -0.3 is 10.0 Å². The summed E-state index contributed by atoms with van der Waals surface area (Å²) in [6.45, 7) is 1.55. The van der Waals surface area contributed by atoms with E-state index >= 15 is 0 Å². The Labute approximate surface area is 128 Å². The number of carboxylic acids is 1. The maximum absolute atomic E-state index is 11.5. The minimum atomic E-state index is -0.979. The number of anilines is 1. The lowest BCUT2D eigenvalue weighted by molar-refractivity contribution is 0.0697. The fourth-order valence-corrected chi connectivity index (χ4v) is 3.14. The van der Waals surface area contributed by atoms with Crippen molar-refractivity contribution < 1.29 is 9.90 Å². The number of hydrogen-bond donors (Lipinski definition) is 1. The van der Waals surface area contributed by atoms with E-state index in [1.54, 1.807) is 12.1 Å². The summed E-state index contributed by atoms with van der Waals surface area (Å²) in [5.41, 5.74) is 3.50. The zero-order valence-electron chi connectivity index (χ0n) is 11.6. The van der Waals surface area contributed by atoms with Crippen molar-refractivity contribution in [1.82, 2.24) is 0 Å². The third kappa shape index (κ3) is 2.74. The number of rotatable bonds is 2. The van der Waals surface area contributed by atoms with Gasteiger partial charge in [-0.15, -0.1) is 0 Å². The summed E-state index contributed by atoms with van der Waals surface area (Å²) in [7, 11) is 0. The first-order valence-corrected chi connectivity index (χ1v) is 7.38. The molecule has 1 aliphatic rings. The minimum Gasteiger partial charge on any atom is -0.478 e. The van der Waals surface area contributed by atoms with E-state index in [0.717, 1.165) is 25.9 Å². The van der Waals surface area contributed by atoms with Gasteiger partial charge in [-0.1, -0.05) is 41.9 Å². The van der Waals surface area contributed by atoms with Crippen LogP contribution in [0.5, 0.6) is 0 Å². The van der Waals surface area contributed by atoms with Crippen LogP contribution < -0.4 is 4.90 Å². The van der Waals surface area contributed by atoms with E-state index in [1.165, 1.54) is 11.1 Å². The van der Waals surface area contributed by atoms with Crippen molar-refractivity contribution in [3.05, 3.63) is 64.2 Å². The van der Waals surface area contributed by atoms with Gasteiger partial charge in [0.25, 0.3) is 0 Å². The summed E-state index contributed by atoms with van der Waals surface area (Å²) in [5.74, 6) is -0.979. The molecule has 0 atom stereocenters. The molecule has 0 radical (unpaired) electrons. The second-order valence-electron chi connectivity index (χ2n) is 5.23. The van der Waals surface area contributed by atoms with E-state index < -0.39 is 5.97 Å². The molecule has 0 fully saturated rings. The zero-order chi connectivity index (χ0) is 14.8. The lowest BCUT2D eigenvalue weighted by Crippen LogP contribution is -2.24. The van der Waals surface area contributed by atoms with Gasteiger partial charge in [0.05, 0.1) is 10.7 Å². The van der Waals surface area contributed by atoms with Gasteiger partial charge in [0.15, 0.2) is 0 Å². The Kier molecular flexibility index (Phi) is 3.84. The average Bonchev–Trinajstić information content (AvgIpc) is 2.68. The monoisotopic (exact) mass is 301 g/mol. The number of fused-ring (bicyclic) bond motifs is 1. The minimum absolute atomic E-state index is 0.193. The zero-order valence-corrected chi connectivity index (χ0v) is 12.3. The van der Waals surface area contributed by atoms with Crippen molar-refractivity contribution in [2.75, 3.05) is 11.4 Å². The van der Waals surface area contributed by atoms with Crippen LogP contribution >= 0.6 is 11.6 Å². The van der Waals surface area contributed by atoms with Gasteiger partial charge in [-0.05, 0) is 36.1 Å². The van der Waals surface area contributed by atoms with Gasteiger partial charge in [0, 0.05) is 13.1 Å². The lowest BCUT2D eigenvalue weighted by atomic mass is 10.0. The van der Waals surface area contributed by atoms with Crippen molar-refractivity contribution in [1.29, 1.82) is 0 Å². The summed E-state index contributed by atoms with van der Waals surface area (Å²) in [5, 5.41) is 9.72. The number of benzene rings is 2. The van der Waals surface area contributed by atoms with Crippen LogP contribution in [0.4, 0.5) is 5.69 Å². The molecule has 3 rings (SSSR count). The lowest BCUT2D eigenvalue weighted by Gasteiger charge is -2.25. The standard InChI is InChI=1S/C17H16ClNO2/c18-14-8-3-9-15(16(14)17(20)21)19-10-4-7-12-5-1-2-6-13(12)11-19/h1-3,5-6,8-9H,4,7,10-11H2,(H,20,21). The molecule has 1 N–H and O–H groups in total. The molecule has 0 aliphatic carbocycles. The third-order valence-electron chi connectivity index (χ3n) is 3.90. The van der Waals surface area contributed by atoms with Crippen molar-refractivity contribution >= 4 is 23.3 Å². The van der Waals surface area contributed by atoms with Gasteiger partial charge in [-0.2, -0.15) is 0 Å². The second-order valence-corrected chi connectivity index (χ2v) is 5.64. The smallest absolute Gasteiger partial charge is 0.339 e. The summed E-state index contributed by atoms with van der Waals surface area (Å²) >= 11 is 6.08. The van der Waals surface area contributed by atoms with Gasteiger partial charge in [0.1, 0.15) is 5.56 Å². The quantitative estimate of drug-likeness (QED) is 0.911. The Bertz CT molecular complexity index is 684. The highest BCUT2D eigenvalue weighted by molar-refractivity contribution is 6.34. The first-order valence-electron chi connectivity index (χ1n) is 7.00. The van der Waals surface area contributed by atoms with E-state index in [-0.39, 0.29) is 10.6 Å². The topological polar surface area (TPSA) is 40.5 Å². The Hall–Kier alpha value is -2.00. The Morgan fingerprint density at radius 3 is 2.62 bits per heavy atom. The molecular formula is C17H16ClNO2. The molecule has 0 aromatic heterocycles. The van der Waals surface area contributed by atoms with Gasteiger partial charge in [-0.3, -0.25) is 0 Å². The van der Waals surface area contributed by atoms with Crippen LogP contribution in [0.15, 0.2) is 42.5 Å². The highest BCUT2D eigenvalue weighted by Gasteiger charge is 2.21. The van der Waals surface area contributed by atoms with E-state index in [9.17, 15) is 9.90 Å². The van der Waals surface area contributed by atoms with Gasteiger partial charge in [0.2, 0.25) is 0 Å². The van der Waals surface area contributed by atoms with Crippen molar-refractivity contribution in [3.63, 3.8) is 0 Å². The van der Waals surface area contributed by atoms with Crippen LogP contribution in [0.25, 0.3) is 0 Å². The Morgan fingerprint density at radius 1 is 1.10 bits per heavy atom. The normalized spacial score (nSPS) is 14.4. The van der Waals surface area contributed by atoms with Crippen LogP contribution in [0.2, 0.25) is 5.02 Å². The van der Waals surface area contributed by atoms with Gasteiger partial charge in [-0.25, -0.2) is 4.79 Å². The predicted molar refractivity (Wildman–Crippen MR) is 84.2 cm³/mol. The number of nitrogens with zero attached hydrogens (tertiary/aromatic N) is 1. The second kappa shape index (κ2) is 5.78. The first-order chi connectivity index (χ1) is 10.2. The molecule has 1 heterocycles. The van der Waals surface area contributed by atoms with Gasteiger partial charge >= 0.3 is 5.97 Å². The molecular weight excluding hydrogens is 286 g/mol. The van der Waals surface area contributed by atoms with Crippen molar-refractivity contribution in [2.24, 2.45) is 0 Å². The number of aryl methyl sites for hydroxylation is 1. The molecule has 3 nitrogen and oxygen atoms in total. The van der Waals surface area contributed by atoms with Crippen LogP contribution in [0.3, 0.4) is 0 Å². The molecule has 108 valence electrons. The predicted octanol–water partition coefficient (Wildman–Crippen LogP) is 3.99. The summed E-state index contributed by atoms with van der Waals surface area (Å²) < 4.78 is 0. The van der Waals surface area contributed by atoms with E-state index in [2.05, 4.69) is 23.1 Å². The van der Waals surface area contributed by atoms with E-state index in [4.69, 9.17) is 11.6 Å². The molecule has 0 spiro atoms. The number of carboxylic acid groups (broad SMARTS) is 1. The molecule has 0 bridgehead atoms. The van der Waals surface area contributed by atoms with E-state index in [0.29, 0.717) is 5.69 Å². The first kappa shape index (κ1) is 14.0. The van der Waals surface area contributed by atoms with Crippen molar-refractivity contribution in [2.45, 2.75) is 19.4 Å². The van der Waals surface area contributed by atoms with Crippen LogP contribution in [0, 0.1) is 0 Å². The van der Waals surface area contributed by atoms with Crippen LogP contribution in [0.1, 0.15) is 27.9 Å². The number of hydrogen-bond acceptors (Lipinski definition) is 2. The molecule has 4 heteroatoms. The van der Waals surface area contributed by atoms with E-state index in [1.807, 2.05) is 12.1 Å². The molecule has 0 saturated carbocycles. The SMILES string of the molecule is O=C(O)c1c(Cl)cccc1N1CCCc2ccccc2C1. The van der Waals surface area contributed by atoms with Crippen LogP contribution in [-0.4, -0.2) is 17.6 Å². The fraction of sp³-hybridized carbons (Fsp3) is 0.235. The molecule has 0 unspecified atom stereocenters. The number of halogens is 1. The Balaban J connectivity index is 2.02. The maximum Gasteiger partial charge on any atom is 0.339 e. The van der Waals surface area contributed by atoms with Crippen LogP contribution in [-0.2, 0) is 13.0 Å². The molecule has 0 saturated heterocycles. The molecule has 0 amide bonds. The fourth-order valence-electron chi connectivity index (χ4n) is 2.89. The molecule has 1 aliphatic heterocycles. The highest BCUT2D eigenvalue weighted by atomic mass is 35.5. The number of carbonyl (C=O) groups is 1. The highest BCUT2D eigenvalue weighted by Crippen LogP contribution is 2.31. The average molecular weight is 302 g/mol. The van der Waals surface area contributed by atoms with Crippen molar-refractivity contribution in [3.8, 4) is 0 Å². The third-order valence-corrected chi connectivity index (χ3v) is 4.21. The largest absolute Gasteiger partial charge is 0.478 e. The molecule has 2 aromatic rings. The maximum atomic E-state index is 11.5. The molecule has 21 heavy (non-hydrogen) atoms.